The number of piperazine rings is 1. The van der Waals surface area contributed by atoms with Crippen LogP contribution < -0.4 is 5.32 Å². The van der Waals surface area contributed by atoms with Crippen LogP contribution in [0.1, 0.15) is 62.2 Å². The predicted molar refractivity (Wildman–Crippen MR) is 154 cm³/mol. The number of carbonyl (C=O) groups is 1. The second-order valence-corrected chi connectivity index (χ2v) is 11.2. The van der Waals surface area contributed by atoms with Crippen molar-refractivity contribution in [2.45, 2.75) is 52.1 Å². The number of pyridine rings is 1. The molecule has 204 valence electrons. The molecule has 9 heteroatoms. The van der Waals surface area contributed by atoms with Crippen molar-refractivity contribution in [2.24, 2.45) is 5.10 Å². The van der Waals surface area contributed by atoms with E-state index < -0.39 is 0 Å². The van der Waals surface area contributed by atoms with Gasteiger partial charge in [-0.3, -0.25) is 19.7 Å². The van der Waals surface area contributed by atoms with Gasteiger partial charge in [-0.15, -0.1) is 0 Å². The van der Waals surface area contributed by atoms with Gasteiger partial charge in [-0.25, -0.2) is 9.97 Å². The number of likely N-dealkylation sites (N-methyl/N-ethyl adjacent to an activating group) is 1. The van der Waals surface area contributed by atoms with Gasteiger partial charge in [0.1, 0.15) is 0 Å². The van der Waals surface area contributed by atoms with Gasteiger partial charge in [-0.1, -0.05) is 0 Å². The molecule has 0 saturated carbocycles. The number of hydrogen-bond acceptors (Lipinski definition) is 8. The second-order valence-electron chi connectivity index (χ2n) is 11.2. The van der Waals surface area contributed by atoms with Crippen LogP contribution in [0, 0.1) is 0 Å². The summed E-state index contributed by atoms with van der Waals surface area (Å²) in [5, 5.41) is 10.3. The van der Waals surface area contributed by atoms with Gasteiger partial charge in [0, 0.05) is 73.7 Å². The van der Waals surface area contributed by atoms with Gasteiger partial charge < -0.3 is 10.2 Å². The average molecular weight is 527 g/mol. The fourth-order valence-corrected chi connectivity index (χ4v) is 5.38. The normalized spacial score (nSPS) is 20.2. The minimum absolute atomic E-state index is 0.00329. The molecule has 2 unspecified atom stereocenters. The third-order valence-electron chi connectivity index (χ3n) is 7.66. The molecule has 9 nitrogen and oxygen atoms in total. The topological polar surface area (TPSA) is 89.8 Å². The highest BCUT2D eigenvalue weighted by Crippen LogP contribution is 2.33. The molecule has 3 aromatic rings. The van der Waals surface area contributed by atoms with Crippen LogP contribution in [0.4, 0.5) is 11.6 Å². The van der Waals surface area contributed by atoms with E-state index in [9.17, 15) is 4.79 Å². The SMILES string of the molecule is CCN1N=C(c2cccnc2)C(c2ccnc(Nc3ccc(C(=O)N4CCN(C(C)(C)C)CC4)cc3)n2)C1C. The van der Waals surface area contributed by atoms with Crippen molar-refractivity contribution in [3.05, 3.63) is 77.9 Å². The van der Waals surface area contributed by atoms with Crippen molar-refractivity contribution < 1.29 is 4.79 Å². The smallest absolute Gasteiger partial charge is 0.253 e. The Balaban J connectivity index is 1.28. The van der Waals surface area contributed by atoms with E-state index in [-0.39, 0.29) is 23.4 Å². The van der Waals surface area contributed by atoms with Crippen molar-refractivity contribution in [1.29, 1.82) is 0 Å². The number of nitrogens with one attached hydrogen (secondary N) is 1. The molecule has 0 radical (unpaired) electrons. The van der Waals surface area contributed by atoms with Crippen molar-refractivity contribution >= 4 is 23.3 Å². The minimum atomic E-state index is -0.00329. The van der Waals surface area contributed by atoms with E-state index in [4.69, 9.17) is 10.1 Å². The van der Waals surface area contributed by atoms with Gasteiger partial charge in [0.05, 0.1) is 23.4 Å². The molecule has 1 N–H and O–H groups in total. The Bertz CT molecular complexity index is 1310. The summed E-state index contributed by atoms with van der Waals surface area (Å²) < 4.78 is 0. The fraction of sp³-hybridized carbons (Fsp3) is 0.433. The van der Waals surface area contributed by atoms with E-state index >= 15 is 0 Å². The van der Waals surface area contributed by atoms with Crippen LogP contribution in [0.2, 0.25) is 0 Å². The molecule has 4 heterocycles. The standard InChI is InChI=1S/C30H38N8O/c1-6-38-21(2)26(27(35-38)23-8-7-14-31-20-23)25-13-15-32-29(34-25)33-24-11-9-22(10-12-24)28(39)36-16-18-37(19-17-36)30(3,4)5/h7-15,20-21,26H,6,16-19H2,1-5H3,(H,32,33,34). The molecule has 1 aromatic carbocycles. The first-order valence-corrected chi connectivity index (χ1v) is 13.7. The number of rotatable bonds is 6. The first-order valence-electron chi connectivity index (χ1n) is 13.7. The first-order chi connectivity index (χ1) is 18.7. The van der Waals surface area contributed by atoms with Crippen LogP contribution in [0.15, 0.2) is 66.2 Å². The summed E-state index contributed by atoms with van der Waals surface area (Å²) in [5.74, 6) is 0.584. The average Bonchev–Trinajstić information content (AvgIpc) is 3.29. The van der Waals surface area contributed by atoms with Gasteiger partial charge in [-0.2, -0.15) is 5.10 Å². The van der Waals surface area contributed by atoms with Gasteiger partial charge in [0.25, 0.3) is 5.91 Å². The maximum atomic E-state index is 13.1. The van der Waals surface area contributed by atoms with Gasteiger partial charge >= 0.3 is 0 Å². The van der Waals surface area contributed by atoms with Crippen molar-refractivity contribution in [3.8, 4) is 0 Å². The summed E-state index contributed by atoms with van der Waals surface area (Å²) >= 11 is 0. The number of anilines is 2. The number of carbonyl (C=O) groups excluding carboxylic acids is 1. The molecule has 1 saturated heterocycles. The van der Waals surface area contributed by atoms with Crippen LogP contribution in [0.3, 0.4) is 0 Å². The van der Waals surface area contributed by atoms with Crippen LogP contribution in [-0.2, 0) is 0 Å². The molecule has 5 rings (SSSR count). The highest BCUT2D eigenvalue weighted by Gasteiger charge is 2.36. The van der Waals surface area contributed by atoms with E-state index in [2.05, 4.69) is 59.8 Å². The molecular formula is C30H38N8O. The third kappa shape index (κ3) is 5.78. The van der Waals surface area contributed by atoms with Crippen LogP contribution in [0.5, 0.6) is 0 Å². The highest BCUT2D eigenvalue weighted by molar-refractivity contribution is 6.06. The van der Waals surface area contributed by atoms with Crippen molar-refractivity contribution in [1.82, 2.24) is 29.8 Å². The molecule has 0 aliphatic carbocycles. The molecule has 1 fully saturated rings. The summed E-state index contributed by atoms with van der Waals surface area (Å²) in [5.41, 5.74) is 4.51. The van der Waals surface area contributed by atoms with E-state index in [0.717, 1.165) is 55.4 Å². The lowest BCUT2D eigenvalue weighted by Gasteiger charge is -2.42. The minimum Gasteiger partial charge on any atom is -0.336 e. The third-order valence-corrected chi connectivity index (χ3v) is 7.66. The maximum Gasteiger partial charge on any atom is 0.253 e. The summed E-state index contributed by atoms with van der Waals surface area (Å²) in [6, 6.07) is 13.6. The number of benzene rings is 1. The summed E-state index contributed by atoms with van der Waals surface area (Å²) in [4.78, 5) is 31.1. The van der Waals surface area contributed by atoms with E-state index in [1.165, 1.54) is 0 Å². The molecule has 0 spiro atoms. The van der Waals surface area contributed by atoms with Gasteiger partial charge in [-0.05, 0) is 77.1 Å². The zero-order valence-electron chi connectivity index (χ0n) is 23.5. The first kappa shape index (κ1) is 26.7. The Labute approximate surface area is 231 Å². The van der Waals surface area contributed by atoms with E-state index in [1.807, 2.05) is 53.6 Å². The van der Waals surface area contributed by atoms with Crippen molar-refractivity contribution in [3.63, 3.8) is 0 Å². The Morgan fingerprint density at radius 3 is 2.41 bits per heavy atom. The van der Waals surface area contributed by atoms with Crippen LogP contribution in [-0.4, -0.2) is 85.7 Å². The summed E-state index contributed by atoms with van der Waals surface area (Å²) in [6.45, 7) is 15.0. The number of aromatic nitrogens is 3. The molecule has 2 atom stereocenters. The van der Waals surface area contributed by atoms with E-state index in [1.54, 1.807) is 12.4 Å². The lowest BCUT2D eigenvalue weighted by Crippen LogP contribution is -2.54. The second kappa shape index (κ2) is 11.1. The fourth-order valence-electron chi connectivity index (χ4n) is 5.38. The molecule has 0 bridgehead atoms. The quantitative estimate of drug-likeness (QED) is 0.510. The number of amides is 1. The van der Waals surface area contributed by atoms with Crippen LogP contribution in [0.25, 0.3) is 0 Å². The largest absolute Gasteiger partial charge is 0.336 e. The zero-order valence-corrected chi connectivity index (χ0v) is 23.5. The Morgan fingerprint density at radius 2 is 1.77 bits per heavy atom. The number of hydrazone groups is 1. The molecule has 39 heavy (non-hydrogen) atoms. The summed E-state index contributed by atoms with van der Waals surface area (Å²) in [6.07, 6.45) is 5.40. The monoisotopic (exact) mass is 526 g/mol. The Hall–Kier alpha value is -3.85. The zero-order chi connectivity index (χ0) is 27.6. The molecule has 2 aromatic heterocycles. The maximum absolute atomic E-state index is 13.1. The van der Waals surface area contributed by atoms with E-state index in [0.29, 0.717) is 11.5 Å². The number of nitrogens with zero attached hydrogens (tertiary/aromatic N) is 7. The van der Waals surface area contributed by atoms with Gasteiger partial charge in [0.2, 0.25) is 5.95 Å². The van der Waals surface area contributed by atoms with Gasteiger partial charge in [0.15, 0.2) is 0 Å². The Kier molecular flexibility index (Phi) is 7.61. The lowest BCUT2D eigenvalue weighted by atomic mass is 9.89. The molecular weight excluding hydrogens is 488 g/mol. The number of hydrogen-bond donors (Lipinski definition) is 1. The lowest BCUT2D eigenvalue weighted by molar-refractivity contribution is 0.0451. The molecule has 2 aliphatic heterocycles. The van der Waals surface area contributed by atoms with Crippen molar-refractivity contribution in [2.75, 3.05) is 38.0 Å². The predicted octanol–water partition coefficient (Wildman–Crippen LogP) is 4.38. The highest BCUT2D eigenvalue weighted by atomic mass is 16.2. The van der Waals surface area contributed by atoms with Crippen LogP contribution >= 0.6 is 0 Å². The molecule has 1 amide bonds. The summed E-state index contributed by atoms with van der Waals surface area (Å²) in [7, 11) is 0. The Morgan fingerprint density at radius 1 is 1.03 bits per heavy atom. The molecule has 2 aliphatic rings.